The lowest BCUT2D eigenvalue weighted by Gasteiger charge is -2.48. The van der Waals surface area contributed by atoms with Crippen molar-refractivity contribution in [2.24, 2.45) is 11.1 Å². The van der Waals surface area contributed by atoms with Crippen LogP contribution in [-0.4, -0.2) is 26.0 Å². The molecule has 0 atom stereocenters. The van der Waals surface area contributed by atoms with Crippen molar-refractivity contribution in [2.75, 3.05) is 26.0 Å². The van der Waals surface area contributed by atoms with Crippen LogP contribution in [0.5, 0.6) is 0 Å². The molecule has 2 nitrogen and oxygen atoms in total. The molecule has 2 aliphatic rings. The van der Waals surface area contributed by atoms with E-state index in [1.807, 2.05) is 0 Å². The van der Waals surface area contributed by atoms with E-state index < -0.39 is 0 Å². The summed E-state index contributed by atoms with van der Waals surface area (Å²) in [6, 6.07) is 8.97. The lowest BCUT2D eigenvalue weighted by molar-refractivity contribution is -0.0973. The maximum atomic E-state index is 6.00. The monoisotopic (exact) mass is 249 g/mol. The van der Waals surface area contributed by atoms with E-state index in [1.165, 1.54) is 23.3 Å². The van der Waals surface area contributed by atoms with E-state index in [9.17, 15) is 0 Å². The smallest absolute Gasteiger partial charge is 0.0591 e. The maximum Gasteiger partial charge on any atom is 0.0591 e. The van der Waals surface area contributed by atoms with E-state index >= 15 is 0 Å². The Kier molecular flexibility index (Phi) is 2.73. The first-order valence-electron chi connectivity index (χ1n) is 6.19. The zero-order chi connectivity index (χ0) is 11.9. The highest BCUT2D eigenvalue weighted by molar-refractivity contribution is 7.98. The van der Waals surface area contributed by atoms with Crippen LogP contribution < -0.4 is 5.73 Å². The Hall–Kier alpha value is -0.510. The number of nitrogens with two attached hydrogens (primary N) is 1. The van der Waals surface area contributed by atoms with Gasteiger partial charge in [0, 0.05) is 10.3 Å². The molecule has 0 aromatic heterocycles. The lowest BCUT2D eigenvalue weighted by atomic mass is 9.66. The molecule has 1 aliphatic carbocycles. The second kappa shape index (κ2) is 4.01. The molecule has 0 amide bonds. The van der Waals surface area contributed by atoms with Crippen molar-refractivity contribution in [1.29, 1.82) is 0 Å². The highest BCUT2D eigenvalue weighted by Gasteiger charge is 2.62. The van der Waals surface area contributed by atoms with Crippen LogP contribution in [0, 0.1) is 5.41 Å². The van der Waals surface area contributed by atoms with Gasteiger partial charge in [-0.25, -0.2) is 0 Å². The van der Waals surface area contributed by atoms with Gasteiger partial charge in [-0.2, -0.15) is 0 Å². The van der Waals surface area contributed by atoms with Gasteiger partial charge >= 0.3 is 0 Å². The van der Waals surface area contributed by atoms with E-state index in [0.29, 0.717) is 5.41 Å². The first-order valence-corrected chi connectivity index (χ1v) is 7.41. The van der Waals surface area contributed by atoms with Gasteiger partial charge in [0.25, 0.3) is 0 Å². The molecular formula is C14H19NOS. The number of benzene rings is 1. The van der Waals surface area contributed by atoms with E-state index in [4.69, 9.17) is 10.5 Å². The summed E-state index contributed by atoms with van der Waals surface area (Å²) in [5.74, 6) is 0. The van der Waals surface area contributed by atoms with Crippen LogP contribution in [0.25, 0.3) is 0 Å². The second-order valence-electron chi connectivity index (χ2n) is 5.29. The first kappa shape index (κ1) is 11.6. The van der Waals surface area contributed by atoms with Gasteiger partial charge in [-0.3, -0.25) is 0 Å². The van der Waals surface area contributed by atoms with Crippen molar-refractivity contribution in [3.63, 3.8) is 0 Å². The third kappa shape index (κ3) is 1.56. The fourth-order valence-corrected chi connectivity index (χ4v) is 3.43. The molecule has 0 unspecified atom stereocenters. The van der Waals surface area contributed by atoms with Crippen molar-refractivity contribution in [1.82, 2.24) is 0 Å². The van der Waals surface area contributed by atoms with Gasteiger partial charge < -0.3 is 10.5 Å². The number of rotatable bonds is 4. The average molecular weight is 249 g/mol. The summed E-state index contributed by atoms with van der Waals surface area (Å²) >= 11 is 1.79. The summed E-state index contributed by atoms with van der Waals surface area (Å²) in [6.45, 7) is 2.49. The highest BCUT2D eigenvalue weighted by Crippen LogP contribution is 2.61. The molecule has 1 saturated heterocycles. The van der Waals surface area contributed by atoms with Crippen molar-refractivity contribution < 1.29 is 4.74 Å². The van der Waals surface area contributed by atoms with Crippen LogP contribution in [0.1, 0.15) is 18.4 Å². The number of hydrogen-bond acceptors (Lipinski definition) is 3. The summed E-state index contributed by atoms with van der Waals surface area (Å²) < 4.78 is 5.52. The van der Waals surface area contributed by atoms with Gasteiger partial charge in [-0.05, 0) is 48.8 Å². The number of ether oxygens (including phenoxy) is 1. The van der Waals surface area contributed by atoms with Crippen molar-refractivity contribution in [3.05, 3.63) is 29.8 Å². The van der Waals surface area contributed by atoms with Gasteiger partial charge in [0.1, 0.15) is 0 Å². The minimum Gasteiger partial charge on any atom is -0.379 e. The minimum atomic E-state index is 0.207. The predicted molar refractivity (Wildman–Crippen MR) is 71.4 cm³/mol. The standard InChI is InChI=1S/C14H19NOS/c1-17-12-4-2-11(3-5-12)14(9-16-10-14)13(8-15)6-7-13/h2-5H,6-10,15H2,1H3. The molecular weight excluding hydrogens is 230 g/mol. The molecule has 3 rings (SSSR count). The van der Waals surface area contributed by atoms with Gasteiger partial charge in [0.15, 0.2) is 0 Å². The van der Waals surface area contributed by atoms with Gasteiger partial charge in [0.2, 0.25) is 0 Å². The van der Waals surface area contributed by atoms with Crippen LogP contribution >= 0.6 is 11.8 Å². The van der Waals surface area contributed by atoms with Crippen LogP contribution in [-0.2, 0) is 10.2 Å². The molecule has 2 N–H and O–H groups in total. The van der Waals surface area contributed by atoms with Gasteiger partial charge in [0.05, 0.1) is 13.2 Å². The zero-order valence-electron chi connectivity index (χ0n) is 10.2. The highest BCUT2D eigenvalue weighted by atomic mass is 32.2. The van der Waals surface area contributed by atoms with Crippen LogP contribution in [0.4, 0.5) is 0 Å². The van der Waals surface area contributed by atoms with E-state index in [2.05, 4.69) is 30.5 Å². The van der Waals surface area contributed by atoms with E-state index in [1.54, 1.807) is 11.8 Å². The Morgan fingerprint density at radius 2 is 1.88 bits per heavy atom. The van der Waals surface area contributed by atoms with Crippen LogP contribution in [0.2, 0.25) is 0 Å². The third-order valence-corrected chi connectivity index (χ3v) is 5.34. The lowest BCUT2D eigenvalue weighted by Crippen LogP contribution is -2.55. The van der Waals surface area contributed by atoms with Crippen LogP contribution in [0.15, 0.2) is 29.2 Å². The predicted octanol–water partition coefficient (Wildman–Crippen LogP) is 2.42. The Labute approximate surface area is 107 Å². The van der Waals surface area contributed by atoms with Gasteiger partial charge in [-0.15, -0.1) is 11.8 Å². The normalized spacial score (nSPS) is 24.1. The molecule has 1 aromatic rings. The van der Waals surface area contributed by atoms with Crippen molar-refractivity contribution in [3.8, 4) is 0 Å². The minimum absolute atomic E-state index is 0.207. The second-order valence-corrected chi connectivity index (χ2v) is 6.17. The maximum absolute atomic E-state index is 6.00. The zero-order valence-corrected chi connectivity index (χ0v) is 11.1. The molecule has 17 heavy (non-hydrogen) atoms. The molecule has 1 heterocycles. The number of thioether (sulfide) groups is 1. The molecule has 1 saturated carbocycles. The van der Waals surface area contributed by atoms with Crippen molar-refractivity contribution >= 4 is 11.8 Å². The molecule has 1 aliphatic heterocycles. The summed E-state index contributed by atoms with van der Waals surface area (Å²) in [4.78, 5) is 1.32. The summed E-state index contributed by atoms with van der Waals surface area (Å²) in [5.41, 5.74) is 7.95. The Morgan fingerprint density at radius 3 is 2.24 bits per heavy atom. The molecule has 3 heteroatoms. The summed E-state index contributed by atoms with van der Waals surface area (Å²) in [5, 5.41) is 0. The molecule has 2 fully saturated rings. The van der Waals surface area contributed by atoms with Crippen molar-refractivity contribution in [2.45, 2.75) is 23.2 Å². The fraction of sp³-hybridized carbons (Fsp3) is 0.571. The van der Waals surface area contributed by atoms with Crippen LogP contribution in [0.3, 0.4) is 0 Å². The molecule has 0 bridgehead atoms. The fourth-order valence-electron chi connectivity index (χ4n) is 3.02. The Balaban J connectivity index is 1.94. The quantitative estimate of drug-likeness (QED) is 0.832. The Morgan fingerprint density at radius 1 is 1.24 bits per heavy atom. The molecule has 92 valence electrons. The van der Waals surface area contributed by atoms with E-state index in [-0.39, 0.29) is 5.41 Å². The molecule has 0 radical (unpaired) electrons. The summed E-state index contributed by atoms with van der Waals surface area (Å²) in [6.07, 6.45) is 4.63. The number of hydrogen-bond donors (Lipinski definition) is 1. The first-order chi connectivity index (χ1) is 8.26. The Bertz CT molecular complexity index is 407. The SMILES string of the molecule is CSc1ccc(C2(C3(CN)CC3)COC2)cc1. The third-order valence-electron chi connectivity index (χ3n) is 4.60. The molecule has 0 spiro atoms. The molecule has 1 aromatic carbocycles. The summed E-state index contributed by atoms with van der Waals surface area (Å²) in [7, 11) is 0. The van der Waals surface area contributed by atoms with E-state index in [0.717, 1.165) is 19.8 Å². The van der Waals surface area contributed by atoms with Gasteiger partial charge in [-0.1, -0.05) is 12.1 Å². The average Bonchev–Trinajstić information content (AvgIpc) is 3.10. The topological polar surface area (TPSA) is 35.2 Å². The largest absolute Gasteiger partial charge is 0.379 e.